The summed E-state index contributed by atoms with van der Waals surface area (Å²) < 4.78 is 0. The van der Waals surface area contributed by atoms with Crippen LogP contribution in [0.2, 0.25) is 0 Å². The normalized spacial score (nSPS) is 14.4. The summed E-state index contributed by atoms with van der Waals surface area (Å²) in [6.45, 7) is 10.3. The number of hydrogen-bond donors (Lipinski definition) is 0. The Kier molecular flexibility index (Phi) is 5.00. The van der Waals surface area contributed by atoms with Crippen LogP contribution in [0.15, 0.2) is 24.8 Å². The Labute approximate surface area is 64.6 Å². The average Bonchev–Trinajstić information content (AvgIpc) is 1.87. The third kappa shape index (κ3) is 3.49. The van der Waals surface area contributed by atoms with E-state index in [9.17, 15) is 0 Å². The SMILES string of the molecule is C=CCC(C=CC)C(C)C. The van der Waals surface area contributed by atoms with E-state index in [1.54, 1.807) is 0 Å². The predicted octanol–water partition coefficient (Wildman–Crippen LogP) is 3.41. The molecule has 0 aliphatic rings. The molecule has 0 nitrogen and oxygen atoms in total. The molecular weight excluding hydrogens is 120 g/mol. The van der Waals surface area contributed by atoms with Crippen LogP contribution in [0.1, 0.15) is 27.2 Å². The summed E-state index contributed by atoms with van der Waals surface area (Å²) >= 11 is 0. The van der Waals surface area contributed by atoms with Gasteiger partial charge in [0.05, 0.1) is 0 Å². The standard InChI is InChI=1S/C10H18/c1-5-7-10(8-6-2)9(3)4/h5-6,8-10H,1,7H2,2-4H3. The molecule has 0 spiro atoms. The van der Waals surface area contributed by atoms with Crippen molar-refractivity contribution in [1.29, 1.82) is 0 Å². The molecule has 0 N–H and O–H groups in total. The van der Waals surface area contributed by atoms with E-state index < -0.39 is 0 Å². The van der Waals surface area contributed by atoms with Gasteiger partial charge in [0.15, 0.2) is 0 Å². The lowest BCUT2D eigenvalue weighted by atomic mass is 9.92. The van der Waals surface area contributed by atoms with E-state index in [1.165, 1.54) is 0 Å². The Morgan fingerprint density at radius 1 is 1.40 bits per heavy atom. The molecule has 1 unspecified atom stereocenters. The molecule has 1 atom stereocenters. The van der Waals surface area contributed by atoms with Crippen LogP contribution in [0.5, 0.6) is 0 Å². The molecule has 0 heterocycles. The van der Waals surface area contributed by atoms with Gasteiger partial charge in [0, 0.05) is 0 Å². The maximum absolute atomic E-state index is 3.73. The second-order valence-electron chi connectivity index (χ2n) is 2.96. The van der Waals surface area contributed by atoms with Crippen LogP contribution in [0.3, 0.4) is 0 Å². The van der Waals surface area contributed by atoms with Gasteiger partial charge in [-0.05, 0) is 25.2 Å². The van der Waals surface area contributed by atoms with E-state index in [-0.39, 0.29) is 0 Å². The van der Waals surface area contributed by atoms with Gasteiger partial charge < -0.3 is 0 Å². The van der Waals surface area contributed by atoms with Crippen molar-refractivity contribution < 1.29 is 0 Å². The summed E-state index contributed by atoms with van der Waals surface area (Å²) in [6, 6.07) is 0. The second-order valence-corrected chi connectivity index (χ2v) is 2.96. The first-order valence-electron chi connectivity index (χ1n) is 3.96. The molecule has 0 aliphatic carbocycles. The van der Waals surface area contributed by atoms with Crippen LogP contribution in [-0.2, 0) is 0 Å². The number of allylic oxidation sites excluding steroid dienone is 3. The minimum atomic E-state index is 0.683. The Morgan fingerprint density at radius 3 is 2.30 bits per heavy atom. The van der Waals surface area contributed by atoms with Crippen molar-refractivity contribution in [3.63, 3.8) is 0 Å². The van der Waals surface area contributed by atoms with Crippen LogP contribution in [-0.4, -0.2) is 0 Å². The highest BCUT2D eigenvalue weighted by Gasteiger charge is 2.05. The third-order valence-electron chi connectivity index (χ3n) is 1.73. The Bertz CT molecular complexity index is 109. The Morgan fingerprint density at radius 2 is 2.00 bits per heavy atom. The van der Waals surface area contributed by atoms with Gasteiger partial charge in [0.25, 0.3) is 0 Å². The molecule has 0 radical (unpaired) electrons. The molecule has 0 aromatic rings. The van der Waals surface area contributed by atoms with E-state index >= 15 is 0 Å². The molecule has 0 aromatic carbocycles. The molecule has 0 bridgehead atoms. The Balaban J connectivity index is 3.84. The van der Waals surface area contributed by atoms with Gasteiger partial charge >= 0.3 is 0 Å². The summed E-state index contributed by atoms with van der Waals surface area (Å²) in [7, 11) is 0. The van der Waals surface area contributed by atoms with Crippen molar-refractivity contribution in [2.75, 3.05) is 0 Å². The van der Waals surface area contributed by atoms with E-state index in [0.717, 1.165) is 12.3 Å². The molecular formula is C10H18. The number of hydrogen-bond acceptors (Lipinski definition) is 0. The lowest BCUT2D eigenvalue weighted by Gasteiger charge is -2.13. The lowest BCUT2D eigenvalue weighted by Crippen LogP contribution is -2.03. The fraction of sp³-hybridized carbons (Fsp3) is 0.600. The Hall–Kier alpha value is -0.520. The minimum Gasteiger partial charge on any atom is -0.103 e. The van der Waals surface area contributed by atoms with Crippen molar-refractivity contribution in [2.24, 2.45) is 11.8 Å². The zero-order valence-electron chi connectivity index (χ0n) is 7.30. The largest absolute Gasteiger partial charge is 0.103 e. The molecule has 0 amide bonds. The average molecular weight is 138 g/mol. The molecule has 0 rings (SSSR count). The van der Waals surface area contributed by atoms with Crippen molar-refractivity contribution in [3.8, 4) is 0 Å². The van der Waals surface area contributed by atoms with Crippen LogP contribution in [0.25, 0.3) is 0 Å². The predicted molar refractivity (Wildman–Crippen MR) is 48.0 cm³/mol. The summed E-state index contributed by atoms with van der Waals surface area (Å²) in [5, 5.41) is 0. The summed E-state index contributed by atoms with van der Waals surface area (Å²) in [4.78, 5) is 0. The monoisotopic (exact) mass is 138 g/mol. The summed E-state index contributed by atoms with van der Waals surface area (Å²) in [6.07, 6.45) is 7.47. The van der Waals surface area contributed by atoms with Crippen molar-refractivity contribution in [3.05, 3.63) is 24.8 Å². The molecule has 0 aliphatic heterocycles. The first-order chi connectivity index (χ1) is 4.72. The fourth-order valence-corrected chi connectivity index (χ4v) is 1.01. The van der Waals surface area contributed by atoms with Gasteiger partial charge in [-0.2, -0.15) is 0 Å². The van der Waals surface area contributed by atoms with E-state index in [1.807, 2.05) is 6.08 Å². The molecule has 0 saturated heterocycles. The molecule has 0 fully saturated rings. The first kappa shape index (κ1) is 9.48. The van der Waals surface area contributed by atoms with Gasteiger partial charge in [0.2, 0.25) is 0 Å². The highest BCUT2D eigenvalue weighted by Crippen LogP contribution is 2.16. The van der Waals surface area contributed by atoms with Crippen molar-refractivity contribution in [2.45, 2.75) is 27.2 Å². The van der Waals surface area contributed by atoms with Gasteiger partial charge in [-0.15, -0.1) is 6.58 Å². The lowest BCUT2D eigenvalue weighted by molar-refractivity contribution is 0.470. The molecule has 10 heavy (non-hydrogen) atoms. The maximum Gasteiger partial charge on any atom is -0.0176 e. The van der Waals surface area contributed by atoms with Crippen LogP contribution in [0, 0.1) is 11.8 Å². The van der Waals surface area contributed by atoms with Gasteiger partial charge in [0.1, 0.15) is 0 Å². The first-order valence-corrected chi connectivity index (χ1v) is 3.96. The summed E-state index contributed by atoms with van der Waals surface area (Å²) in [5.41, 5.74) is 0. The quantitative estimate of drug-likeness (QED) is 0.522. The maximum atomic E-state index is 3.73. The van der Waals surface area contributed by atoms with Crippen LogP contribution >= 0.6 is 0 Å². The second kappa shape index (κ2) is 5.28. The van der Waals surface area contributed by atoms with E-state index in [0.29, 0.717) is 5.92 Å². The van der Waals surface area contributed by atoms with Gasteiger partial charge in [-0.25, -0.2) is 0 Å². The van der Waals surface area contributed by atoms with Crippen LogP contribution < -0.4 is 0 Å². The van der Waals surface area contributed by atoms with E-state index in [4.69, 9.17) is 0 Å². The number of rotatable bonds is 4. The zero-order chi connectivity index (χ0) is 7.98. The van der Waals surface area contributed by atoms with Crippen LogP contribution in [0.4, 0.5) is 0 Å². The minimum absolute atomic E-state index is 0.683. The molecule has 0 heteroatoms. The summed E-state index contributed by atoms with van der Waals surface area (Å²) in [5.74, 6) is 1.41. The zero-order valence-corrected chi connectivity index (χ0v) is 7.30. The molecule has 0 saturated carbocycles. The highest BCUT2D eigenvalue weighted by molar-refractivity contribution is 4.90. The fourth-order valence-electron chi connectivity index (χ4n) is 1.01. The van der Waals surface area contributed by atoms with Crippen molar-refractivity contribution in [1.82, 2.24) is 0 Å². The molecule has 0 aromatic heterocycles. The van der Waals surface area contributed by atoms with E-state index in [2.05, 4.69) is 39.5 Å². The molecule has 58 valence electrons. The highest BCUT2D eigenvalue weighted by atomic mass is 14.1. The van der Waals surface area contributed by atoms with Gasteiger partial charge in [-0.1, -0.05) is 32.1 Å². The van der Waals surface area contributed by atoms with Crippen molar-refractivity contribution >= 4 is 0 Å². The topological polar surface area (TPSA) is 0 Å². The third-order valence-corrected chi connectivity index (χ3v) is 1.73. The van der Waals surface area contributed by atoms with Gasteiger partial charge in [-0.3, -0.25) is 0 Å². The smallest absolute Gasteiger partial charge is 0.0176 e.